The second kappa shape index (κ2) is 10.6. The molecule has 0 fully saturated rings. The molecule has 7 N–H and O–H groups in total. The lowest BCUT2D eigenvalue weighted by atomic mass is 10.4. The fraction of sp³-hybridized carbons (Fsp3) is 0.500. The van der Waals surface area contributed by atoms with E-state index in [0.717, 1.165) is 0 Å². The fourth-order valence-electron chi connectivity index (χ4n) is 1.20. The molecule has 0 aliphatic heterocycles. The highest BCUT2D eigenvalue weighted by Gasteiger charge is 2.16. The van der Waals surface area contributed by atoms with Gasteiger partial charge < -0.3 is 21.9 Å². The summed E-state index contributed by atoms with van der Waals surface area (Å²) in [6.45, 7) is 7.17. The molecule has 0 bridgehead atoms. The zero-order valence-electron chi connectivity index (χ0n) is 12.9. The largest absolute Gasteiger partial charge is 0.382 e. The van der Waals surface area contributed by atoms with Gasteiger partial charge in [-0.25, -0.2) is 9.97 Å². The Labute approximate surface area is 134 Å². The lowest BCUT2D eigenvalue weighted by Gasteiger charge is -2.07. The van der Waals surface area contributed by atoms with Crippen molar-refractivity contribution < 1.29 is 9.53 Å². The van der Waals surface area contributed by atoms with Gasteiger partial charge >= 0.3 is 0 Å². The van der Waals surface area contributed by atoms with E-state index in [-0.39, 0.29) is 28.4 Å². The van der Waals surface area contributed by atoms with Crippen molar-refractivity contribution >= 4 is 35.1 Å². The number of hydrogen-bond donors (Lipinski definition) is 4. The van der Waals surface area contributed by atoms with Crippen LogP contribution >= 0.6 is 11.6 Å². The summed E-state index contributed by atoms with van der Waals surface area (Å²) in [6, 6.07) is 0. The third kappa shape index (κ3) is 6.55. The van der Waals surface area contributed by atoms with Crippen LogP contribution in [0.15, 0.2) is 4.99 Å². The molecule has 10 heteroatoms. The number of rotatable bonds is 5. The van der Waals surface area contributed by atoms with Gasteiger partial charge in [-0.05, 0) is 6.92 Å². The summed E-state index contributed by atoms with van der Waals surface area (Å²) < 4.78 is 5.07. The summed E-state index contributed by atoms with van der Waals surface area (Å²) in [6.07, 6.45) is 0. The number of anilines is 2. The van der Waals surface area contributed by atoms with Crippen LogP contribution in [0.1, 0.15) is 31.3 Å². The van der Waals surface area contributed by atoms with Gasteiger partial charge in [-0.1, -0.05) is 25.4 Å². The maximum absolute atomic E-state index is 11.8. The molecule has 1 aromatic heterocycles. The van der Waals surface area contributed by atoms with Crippen LogP contribution in [0.2, 0.25) is 5.15 Å². The third-order valence-corrected chi connectivity index (χ3v) is 2.36. The Balaban J connectivity index is 0.00000211. The molecule has 22 heavy (non-hydrogen) atoms. The van der Waals surface area contributed by atoms with E-state index in [1.165, 1.54) is 0 Å². The molecule has 1 amide bonds. The van der Waals surface area contributed by atoms with E-state index >= 15 is 0 Å². The first-order chi connectivity index (χ1) is 10.5. The third-order valence-electron chi connectivity index (χ3n) is 2.08. The molecular weight excluding hydrogens is 310 g/mol. The maximum Gasteiger partial charge on any atom is 0.280 e. The van der Waals surface area contributed by atoms with Gasteiger partial charge in [0, 0.05) is 6.61 Å². The van der Waals surface area contributed by atoms with Crippen molar-refractivity contribution in [2.45, 2.75) is 20.8 Å². The number of nitrogens with one attached hydrogen (secondary N) is 1. The number of aromatic nitrogens is 2. The highest BCUT2D eigenvalue weighted by atomic mass is 35.5. The smallest absolute Gasteiger partial charge is 0.280 e. The molecule has 0 aliphatic carbocycles. The normalized spacial score (nSPS) is 10.6. The van der Waals surface area contributed by atoms with Crippen molar-refractivity contribution in [1.29, 1.82) is 0 Å². The minimum atomic E-state index is -0.672. The van der Waals surface area contributed by atoms with Gasteiger partial charge in [-0.15, -0.1) is 0 Å². The highest BCUT2D eigenvalue weighted by Crippen LogP contribution is 2.16. The van der Waals surface area contributed by atoms with E-state index in [9.17, 15) is 4.79 Å². The molecule has 0 spiro atoms. The lowest BCUT2D eigenvalue weighted by molar-refractivity contribution is 0.0972. The Morgan fingerprint density at radius 1 is 1.32 bits per heavy atom. The summed E-state index contributed by atoms with van der Waals surface area (Å²) >= 11 is 5.67. The summed E-state index contributed by atoms with van der Waals surface area (Å²) in [4.78, 5) is 23.2. The number of amides is 1. The van der Waals surface area contributed by atoms with Gasteiger partial charge in [-0.2, -0.15) is 0 Å². The van der Waals surface area contributed by atoms with Crippen molar-refractivity contribution in [1.82, 2.24) is 15.3 Å². The number of nitrogens with zero attached hydrogens (tertiary/aromatic N) is 3. The van der Waals surface area contributed by atoms with Gasteiger partial charge in [0.1, 0.15) is 0 Å². The molecule has 9 nitrogen and oxygen atoms in total. The van der Waals surface area contributed by atoms with E-state index in [2.05, 4.69) is 20.3 Å². The van der Waals surface area contributed by atoms with Crippen molar-refractivity contribution in [2.24, 2.45) is 10.7 Å². The van der Waals surface area contributed by atoms with E-state index in [0.29, 0.717) is 19.8 Å². The monoisotopic (exact) mass is 331 g/mol. The summed E-state index contributed by atoms with van der Waals surface area (Å²) in [7, 11) is 0. The number of halogens is 1. The molecule has 1 rings (SSSR count). The lowest BCUT2D eigenvalue weighted by Crippen LogP contribution is -2.38. The van der Waals surface area contributed by atoms with Crippen molar-refractivity contribution in [3.63, 3.8) is 0 Å². The number of hydrogen-bond acceptors (Lipinski definition) is 7. The zero-order chi connectivity index (χ0) is 17.1. The Kier molecular flexibility index (Phi) is 9.55. The van der Waals surface area contributed by atoms with Gasteiger partial charge in [0.25, 0.3) is 5.91 Å². The second-order valence-corrected chi connectivity index (χ2v) is 3.91. The van der Waals surface area contributed by atoms with Crippen molar-refractivity contribution in [3.8, 4) is 0 Å². The molecule has 1 heterocycles. The number of nitrogen functional groups attached to an aromatic ring is 2. The average molecular weight is 332 g/mol. The van der Waals surface area contributed by atoms with E-state index in [1.807, 2.05) is 20.8 Å². The summed E-state index contributed by atoms with van der Waals surface area (Å²) in [5.74, 6) is -0.955. The molecule has 0 saturated carbocycles. The topological polar surface area (TPSA) is 155 Å². The molecule has 124 valence electrons. The number of ether oxygens (including phenoxy) is 1. The standard InChI is InChI=1S/C10H16ClN7O2.C2H6/c1-2-20-4-3-15-10(14)18-9(19)5-7(12)17-8(13)6(11)16-5;1-2/h2-4H2,1H3,(H4,12,13,17)(H3,14,15,18,19);1-2H3. The van der Waals surface area contributed by atoms with Crippen LogP contribution in [0.5, 0.6) is 0 Å². The first-order valence-electron chi connectivity index (χ1n) is 6.73. The summed E-state index contributed by atoms with van der Waals surface area (Å²) in [5.41, 5.74) is 16.3. The van der Waals surface area contributed by atoms with Gasteiger partial charge in [-0.3, -0.25) is 15.1 Å². The molecule has 1 aromatic rings. The minimum absolute atomic E-state index is 0.0564. The van der Waals surface area contributed by atoms with Crippen LogP contribution in [0, 0.1) is 0 Å². The molecule has 0 atom stereocenters. The molecule has 0 aliphatic rings. The quantitative estimate of drug-likeness (QED) is 0.346. The maximum atomic E-state index is 11.8. The number of nitrogens with two attached hydrogens (primary N) is 3. The number of carbonyl (C=O) groups excluding carboxylic acids is 1. The van der Waals surface area contributed by atoms with Gasteiger partial charge in [0.2, 0.25) is 0 Å². The Hall–Kier alpha value is -2.13. The zero-order valence-corrected chi connectivity index (χ0v) is 13.6. The SMILES string of the molecule is CC.CCOCCN=C(N)NC(=O)c1nc(Cl)c(N)nc1N. The highest BCUT2D eigenvalue weighted by molar-refractivity contribution is 6.31. The molecular formula is C12H22ClN7O2. The minimum Gasteiger partial charge on any atom is -0.382 e. The molecule has 0 aromatic carbocycles. The van der Waals surface area contributed by atoms with Gasteiger partial charge in [0.15, 0.2) is 28.4 Å². The Bertz CT molecular complexity index is 522. The molecule has 0 saturated heterocycles. The number of aliphatic imine (C=N–C) groups is 1. The number of carbonyl (C=O) groups is 1. The van der Waals surface area contributed by atoms with E-state index < -0.39 is 5.91 Å². The predicted octanol–water partition coefficient (Wildman–Crippen LogP) is 0.402. The summed E-state index contributed by atoms with van der Waals surface area (Å²) in [5, 5.41) is 2.20. The first kappa shape index (κ1) is 19.9. The predicted molar refractivity (Wildman–Crippen MR) is 87.7 cm³/mol. The second-order valence-electron chi connectivity index (χ2n) is 3.55. The van der Waals surface area contributed by atoms with Crippen LogP contribution in [-0.2, 0) is 4.74 Å². The van der Waals surface area contributed by atoms with E-state index in [1.54, 1.807) is 0 Å². The molecule has 0 unspecified atom stereocenters. The van der Waals surface area contributed by atoms with Crippen LogP contribution in [0.4, 0.5) is 11.6 Å². The van der Waals surface area contributed by atoms with Crippen LogP contribution in [0.3, 0.4) is 0 Å². The fourth-order valence-corrected chi connectivity index (χ4v) is 1.33. The molecule has 0 radical (unpaired) electrons. The van der Waals surface area contributed by atoms with Gasteiger partial charge in [0.05, 0.1) is 13.2 Å². The Morgan fingerprint density at radius 2 is 1.95 bits per heavy atom. The van der Waals surface area contributed by atoms with Crippen LogP contribution in [-0.4, -0.2) is 41.6 Å². The first-order valence-corrected chi connectivity index (χ1v) is 7.11. The number of guanidine groups is 1. The average Bonchev–Trinajstić information content (AvgIpc) is 2.49. The van der Waals surface area contributed by atoms with Crippen LogP contribution < -0.4 is 22.5 Å². The Morgan fingerprint density at radius 3 is 2.55 bits per heavy atom. The van der Waals surface area contributed by atoms with Crippen molar-refractivity contribution in [3.05, 3.63) is 10.8 Å². The van der Waals surface area contributed by atoms with Crippen LogP contribution in [0.25, 0.3) is 0 Å². The van der Waals surface area contributed by atoms with E-state index in [4.69, 9.17) is 33.5 Å². The van der Waals surface area contributed by atoms with Crippen molar-refractivity contribution in [2.75, 3.05) is 31.2 Å².